The molecular formula is C15H19ClN2O. The summed E-state index contributed by atoms with van der Waals surface area (Å²) in [7, 11) is 0. The van der Waals surface area contributed by atoms with Crippen molar-refractivity contribution in [3.8, 4) is 0 Å². The first-order valence-corrected chi connectivity index (χ1v) is 7.32. The molecule has 1 N–H and O–H groups in total. The number of nitrogens with one attached hydrogen (secondary N) is 1. The molecule has 19 heavy (non-hydrogen) atoms. The van der Waals surface area contributed by atoms with Crippen molar-refractivity contribution in [1.29, 1.82) is 0 Å². The second-order valence-electron chi connectivity index (χ2n) is 5.61. The number of piperidine rings is 1. The van der Waals surface area contributed by atoms with Crippen molar-refractivity contribution in [2.45, 2.75) is 25.8 Å². The predicted molar refractivity (Wildman–Crippen MR) is 76.6 cm³/mol. The lowest BCUT2D eigenvalue weighted by molar-refractivity contribution is 0.0661. The zero-order valence-electron chi connectivity index (χ0n) is 11.2. The Labute approximate surface area is 118 Å². The molecule has 4 heteroatoms. The molecule has 3 rings (SSSR count). The lowest BCUT2D eigenvalue weighted by Crippen LogP contribution is -2.47. The zero-order valence-corrected chi connectivity index (χ0v) is 11.9. The maximum atomic E-state index is 12.6. The summed E-state index contributed by atoms with van der Waals surface area (Å²) in [6.45, 7) is 4.78. The highest BCUT2D eigenvalue weighted by Gasteiger charge is 2.34. The Hall–Kier alpha value is -1.06. The normalized spacial score (nSPS) is 26.3. The van der Waals surface area contributed by atoms with Crippen LogP contribution in [0.1, 0.15) is 28.8 Å². The van der Waals surface area contributed by atoms with Crippen LogP contribution in [0.5, 0.6) is 0 Å². The minimum absolute atomic E-state index is 0.130. The number of fused-ring (bicyclic) bond motifs is 1. The number of benzene rings is 1. The van der Waals surface area contributed by atoms with Crippen molar-refractivity contribution in [2.75, 3.05) is 19.6 Å². The molecule has 1 aromatic rings. The van der Waals surface area contributed by atoms with E-state index in [4.69, 9.17) is 11.6 Å². The SMILES string of the molecule is Cc1ccc(Cl)cc1C(=O)N1CCC2NCCC2C1. The summed E-state index contributed by atoms with van der Waals surface area (Å²) in [5.41, 5.74) is 1.75. The average molecular weight is 279 g/mol. The Morgan fingerprint density at radius 3 is 3.11 bits per heavy atom. The Morgan fingerprint density at radius 2 is 2.26 bits per heavy atom. The molecule has 0 radical (unpaired) electrons. The fraction of sp³-hybridized carbons (Fsp3) is 0.533. The number of rotatable bonds is 1. The van der Waals surface area contributed by atoms with Crippen LogP contribution in [-0.4, -0.2) is 36.5 Å². The number of likely N-dealkylation sites (tertiary alicyclic amines) is 1. The van der Waals surface area contributed by atoms with Crippen molar-refractivity contribution >= 4 is 17.5 Å². The molecule has 0 spiro atoms. The van der Waals surface area contributed by atoms with Crippen LogP contribution in [0.4, 0.5) is 0 Å². The Bertz CT molecular complexity index is 503. The van der Waals surface area contributed by atoms with Gasteiger partial charge < -0.3 is 10.2 Å². The van der Waals surface area contributed by atoms with Gasteiger partial charge >= 0.3 is 0 Å². The summed E-state index contributed by atoms with van der Waals surface area (Å²) in [6, 6.07) is 6.16. The Kier molecular flexibility index (Phi) is 3.50. The van der Waals surface area contributed by atoms with Crippen molar-refractivity contribution in [1.82, 2.24) is 10.2 Å². The third-order valence-electron chi connectivity index (χ3n) is 4.37. The standard InChI is InChI=1S/C15H19ClN2O/c1-10-2-3-12(16)8-13(10)15(19)18-7-5-14-11(9-18)4-6-17-14/h2-3,8,11,14,17H,4-7,9H2,1H3. The summed E-state index contributed by atoms with van der Waals surface area (Å²) in [5.74, 6) is 0.752. The van der Waals surface area contributed by atoms with Crippen LogP contribution in [0.3, 0.4) is 0 Å². The first-order chi connectivity index (χ1) is 9.15. The molecular weight excluding hydrogens is 260 g/mol. The molecule has 0 saturated carbocycles. The van der Waals surface area contributed by atoms with E-state index in [1.807, 2.05) is 24.0 Å². The molecule has 2 aliphatic heterocycles. The molecule has 2 saturated heterocycles. The van der Waals surface area contributed by atoms with E-state index < -0.39 is 0 Å². The number of aryl methyl sites for hydroxylation is 1. The minimum atomic E-state index is 0.130. The maximum absolute atomic E-state index is 12.6. The third kappa shape index (κ3) is 2.49. The van der Waals surface area contributed by atoms with Crippen LogP contribution in [0.25, 0.3) is 0 Å². The van der Waals surface area contributed by atoms with Crippen LogP contribution in [-0.2, 0) is 0 Å². The molecule has 2 unspecified atom stereocenters. The van der Waals surface area contributed by atoms with Crippen LogP contribution in [0, 0.1) is 12.8 Å². The quantitative estimate of drug-likeness (QED) is 0.856. The number of halogens is 1. The van der Waals surface area contributed by atoms with E-state index in [0.29, 0.717) is 17.0 Å². The second kappa shape index (κ2) is 5.14. The highest BCUT2D eigenvalue weighted by Crippen LogP contribution is 2.26. The van der Waals surface area contributed by atoms with Gasteiger partial charge in [0.2, 0.25) is 0 Å². The number of hydrogen-bond donors (Lipinski definition) is 1. The molecule has 1 amide bonds. The van der Waals surface area contributed by atoms with E-state index in [-0.39, 0.29) is 5.91 Å². The number of nitrogens with zero attached hydrogens (tertiary/aromatic N) is 1. The van der Waals surface area contributed by atoms with Gasteiger partial charge in [-0.1, -0.05) is 17.7 Å². The van der Waals surface area contributed by atoms with E-state index in [2.05, 4.69) is 5.32 Å². The van der Waals surface area contributed by atoms with Gasteiger partial charge in [0, 0.05) is 29.7 Å². The molecule has 2 heterocycles. The topological polar surface area (TPSA) is 32.3 Å². The molecule has 2 fully saturated rings. The van der Waals surface area contributed by atoms with Crippen LogP contribution in [0.2, 0.25) is 5.02 Å². The van der Waals surface area contributed by atoms with Gasteiger partial charge in [-0.15, -0.1) is 0 Å². The van der Waals surface area contributed by atoms with E-state index in [1.165, 1.54) is 6.42 Å². The fourth-order valence-corrected chi connectivity index (χ4v) is 3.40. The molecule has 2 aliphatic rings. The largest absolute Gasteiger partial charge is 0.338 e. The van der Waals surface area contributed by atoms with Gasteiger partial charge in [0.25, 0.3) is 5.91 Å². The third-order valence-corrected chi connectivity index (χ3v) is 4.61. The molecule has 0 bridgehead atoms. The second-order valence-corrected chi connectivity index (χ2v) is 6.04. The van der Waals surface area contributed by atoms with Gasteiger partial charge in [0.15, 0.2) is 0 Å². The summed E-state index contributed by atoms with van der Waals surface area (Å²) in [6.07, 6.45) is 2.25. The van der Waals surface area contributed by atoms with Gasteiger partial charge in [0.05, 0.1) is 0 Å². The van der Waals surface area contributed by atoms with Crippen molar-refractivity contribution in [3.63, 3.8) is 0 Å². The van der Waals surface area contributed by atoms with Gasteiger partial charge in [-0.25, -0.2) is 0 Å². The molecule has 0 aliphatic carbocycles. The van der Waals surface area contributed by atoms with Crippen LogP contribution >= 0.6 is 11.6 Å². The van der Waals surface area contributed by atoms with Gasteiger partial charge in [0.1, 0.15) is 0 Å². The highest BCUT2D eigenvalue weighted by atomic mass is 35.5. The van der Waals surface area contributed by atoms with Crippen molar-refractivity contribution < 1.29 is 4.79 Å². The fourth-order valence-electron chi connectivity index (χ4n) is 3.23. The van der Waals surface area contributed by atoms with Crippen LogP contribution < -0.4 is 5.32 Å². The number of carbonyl (C=O) groups is 1. The molecule has 2 atom stereocenters. The lowest BCUT2D eigenvalue weighted by atomic mass is 9.92. The first kappa shape index (κ1) is 12.9. The molecule has 3 nitrogen and oxygen atoms in total. The molecule has 102 valence electrons. The zero-order chi connectivity index (χ0) is 13.4. The number of amides is 1. The Morgan fingerprint density at radius 1 is 1.42 bits per heavy atom. The maximum Gasteiger partial charge on any atom is 0.254 e. The number of carbonyl (C=O) groups excluding carboxylic acids is 1. The van der Waals surface area contributed by atoms with E-state index in [9.17, 15) is 4.79 Å². The smallest absolute Gasteiger partial charge is 0.254 e. The lowest BCUT2D eigenvalue weighted by Gasteiger charge is -2.35. The molecule has 1 aromatic carbocycles. The average Bonchev–Trinajstić information content (AvgIpc) is 2.88. The van der Waals surface area contributed by atoms with Gasteiger partial charge in [-0.2, -0.15) is 0 Å². The van der Waals surface area contributed by atoms with E-state index in [1.54, 1.807) is 6.07 Å². The van der Waals surface area contributed by atoms with Gasteiger partial charge in [-0.3, -0.25) is 4.79 Å². The first-order valence-electron chi connectivity index (χ1n) is 6.94. The van der Waals surface area contributed by atoms with Crippen molar-refractivity contribution in [3.05, 3.63) is 34.3 Å². The number of hydrogen-bond acceptors (Lipinski definition) is 2. The summed E-state index contributed by atoms with van der Waals surface area (Å²) in [4.78, 5) is 14.6. The summed E-state index contributed by atoms with van der Waals surface area (Å²) in [5, 5.41) is 4.15. The van der Waals surface area contributed by atoms with Gasteiger partial charge in [-0.05, 0) is 49.9 Å². The minimum Gasteiger partial charge on any atom is -0.338 e. The predicted octanol–water partition coefficient (Wildman–Crippen LogP) is 2.47. The van der Waals surface area contributed by atoms with Crippen LogP contribution in [0.15, 0.2) is 18.2 Å². The van der Waals surface area contributed by atoms with E-state index >= 15 is 0 Å². The Balaban J connectivity index is 1.78. The highest BCUT2D eigenvalue weighted by molar-refractivity contribution is 6.31. The summed E-state index contributed by atoms with van der Waals surface area (Å²) < 4.78 is 0. The van der Waals surface area contributed by atoms with E-state index in [0.717, 1.165) is 37.2 Å². The monoisotopic (exact) mass is 278 g/mol. The van der Waals surface area contributed by atoms with Crippen molar-refractivity contribution in [2.24, 2.45) is 5.92 Å². The molecule has 0 aromatic heterocycles. The summed E-state index contributed by atoms with van der Waals surface area (Å²) >= 11 is 6.01.